The number of carbonyl (C=O) groups is 2. The van der Waals surface area contributed by atoms with Gasteiger partial charge in [0.15, 0.2) is 6.10 Å². The molecule has 2 heterocycles. The first-order chi connectivity index (χ1) is 13.8. The number of anilines is 1. The normalized spacial score (nSPS) is 15.8. The van der Waals surface area contributed by atoms with Gasteiger partial charge < -0.3 is 9.64 Å². The Morgan fingerprint density at radius 2 is 1.93 bits per heavy atom. The van der Waals surface area contributed by atoms with Crippen molar-refractivity contribution in [2.45, 2.75) is 53.6 Å². The van der Waals surface area contributed by atoms with Crippen LogP contribution in [0.3, 0.4) is 0 Å². The summed E-state index contributed by atoms with van der Waals surface area (Å²) in [4.78, 5) is 35.0. The zero-order valence-electron chi connectivity index (χ0n) is 17.8. The molecule has 0 radical (unpaired) electrons. The first-order valence-electron chi connectivity index (χ1n) is 10.2. The number of thiazole rings is 1. The zero-order chi connectivity index (χ0) is 21.1. The lowest BCUT2D eigenvalue weighted by atomic mass is 10.1. The van der Waals surface area contributed by atoms with E-state index >= 15 is 0 Å². The molecule has 0 aliphatic carbocycles. The van der Waals surface area contributed by atoms with Crippen LogP contribution in [0.1, 0.15) is 43.5 Å². The highest BCUT2D eigenvalue weighted by Crippen LogP contribution is 2.38. The highest BCUT2D eigenvalue weighted by Gasteiger charge is 2.34. The summed E-state index contributed by atoms with van der Waals surface area (Å²) in [5.74, 6) is 0.395. The Hall–Kier alpha value is -2.41. The Labute approximate surface area is 176 Å². The summed E-state index contributed by atoms with van der Waals surface area (Å²) < 4.78 is 5.80. The molecule has 1 aromatic carbocycles. The smallest absolute Gasteiger partial charge is 0.268 e. The molecular formula is C22H29N3O3S. The Kier molecular flexibility index (Phi) is 6.57. The number of fused-ring (bicyclic) bond motifs is 1. The van der Waals surface area contributed by atoms with Crippen LogP contribution in [0.2, 0.25) is 0 Å². The van der Waals surface area contributed by atoms with Crippen LogP contribution in [-0.2, 0) is 9.59 Å². The Balaban J connectivity index is 1.96. The number of ether oxygens (including phenoxy) is 1. The summed E-state index contributed by atoms with van der Waals surface area (Å²) in [5, 5.41) is 0.998. The molecule has 2 aromatic rings. The number of amides is 2. The lowest BCUT2D eigenvalue weighted by Crippen LogP contribution is -2.49. The van der Waals surface area contributed by atoms with E-state index in [9.17, 15) is 9.59 Å². The van der Waals surface area contributed by atoms with Crippen molar-refractivity contribution >= 4 is 28.8 Å². The third-order valence-electron chi connectivity index (χ3n) is 4.98. The number of aryl methyl sites for hydroxylation is 2. The van der Waals surface area contributed by atoms with Crippen molar-refractivity contribution in [3.8, 4) is 17.0 Å². The average molecular weight is 416 g/mol. The van der Waals surface area contributed by atoms with Gasteiger partial charge in [0.05, 0.1) is 16.4 Å². The van der Waals surface area contributed by atoms with E-state index in [2.05, 4.69) is 18.8 Å². The van der Waals surface area contributed by atoms with Crippen molar-refractivity contribution < 1.29 is 14.3 Å². The van der Waals surface area contributed by atoms with Gasteiger partial charge in [-0.1, -0.05) is 13.8 Å². The number of benzene rings is 1. The summed E-state index contributed by atoms with van der Waals surface area (Å²) >= 11 is 1.64. The van der Waals surface area contributed by atoms with E-state index < -0.39 is 6.10 Å². The lowest BCUT2D eigenvalue weighted by molar-refractivity contribution is -0.133. The van der Waals surface area contributed by atoms with Gasteiger partial charge in [0.25, 0.3) is 5.91 Å². The van der Waals surface area contributed by atoms with Crippen LogP contribution in [-0.4, -0.2) is 47.4 Å². The van der Waals surface area contributed by atoms with Crippen LogP contribution >= 0.6 is 11.3 Å². The van der Waals surface area contributed by atoms with E-state index in [1.165, 1.54) is 0 Å². The van der Waals surface area contributed by atoms with Crippen molar-refractivity contribution in [3.63, 3.8) is 0 Å². The first kappa shape index (κ1) is 21.3. The second-order valence-corrected chi connectivity index (χ2v) is 8.79. The summed E-state index contributed by atoms with van der Waals surface area (Å²) in [5.41, 5.74) is 2.47. The predicted octanol–water partition coefficient (Wildman–Crippen LogP) is 4.19. The SMILES string of the molecule is CCCN(CCC)C(=O)CN1C(=O)C(C)Oc2ccc(-c3nc(C)sc3C)cc21. The van der Waals surface area contributed by atoms with Crippen molar-refractivity contribution in [2.24, 2.45) is 0 Å². The zero-order valence-corrected chi connectivity index (χ0v) is 18.6. The monoisotopic (exact) mass is 415 g/mol. The molecule has 3 rings (SSSR count). The summed E-state index contributed by atoms with van der Waals surface area (Å²) in [6.45, 7) is 11.3. The maximum Gasteiger partial charge on any atom is 0.268 e. The Bertz CT molecular complexity index is 903. The van der Waals surface area contributed by atoms with Gasteiger partial charge in [-0.2, -0.15) is 0 Å². The van der Waals surface area contributed by atoms with Crippen molar-refractivity contribution in [3.05, 3.63) is 28.1 Å². The van der Waals surface area contributed by atoms with Crippen molar-refractivity contribution in [1.82, 2.24) is 9.88 Å². The Morgan fingerprint density at radius 1 is 1.24 bits per heavy atom. The fraction of sp³-hybridized carbons (Fsp3) is 0.500. The second kappa shape index (κ2) is 8.95. The highest BCUT2D eigenvalue weighted by molar-refractivity contribution is 7.11. The molecule has 1 aliphatic rings. The Morgan fingerprint density at radius 3 is 2.52 bits per heavy atom. The number of hydrogen-bond acceptors (Lipinski definition) is 5. The lowest BCUT2D eigenvalue weighted by Gasteiger charge is -2.34. The molecule has 0 fully saturated rings. The van der Waals surface area contributed by atoms with Gasteiger partial charge in [-0.25, -0.2) is 4.98 Å². The van der Waals surface area contributed by atoms with Crippen LogP contribution in [0.5, 0.6) is 5.75 Å². The van der Waals surface area contributed by atoms with Gasteiger partial charge in [-0.05, 0) is 51.8 Å². The number of aromatic nitrogens is 1. The number of carbonyl (C=O) groups excluding carboxylic acids is 2. The van der Waals surface area contributed by atoms with E-state index in [0.29, 0.717) is 24.5 Å². The second-order valence-electron chi connectivity index (χ2n) is 7.39. The van der Waals surface area contributed by atoms with Crippen LogP contribution in [0.4, 0.5) is 5.69 Å². The van der Waals surface area contributed by atoms with Gasteiger partial charge in [0, 0.05) is 23.5 Å². The molecule has 0 bridgehead atoms. The molecule has 1 aliphatic heterocycles. The maximum atomic E-state index is 12.9. The third kappa shape index (κ3) is 4.45. The minimum Gasteiger partial charge on any atom is -0.479 e. The van der Waals surface area contributed by atoms with Gasteiger partial charge in [-0.3, -0.25) is 14.5 Å². The van der Waals surface area contributed by atoms with Crippen LogP contribution in [0.25, 0.3) is 11.3 Å². The van der Waals surface area contributed by atoms with Gasteiger partial charge in [0.1, 0.15) is 12.3 Å². The summed E-state index contributed by atoms with van der Waals surface area (Å²) in [6.07, 6.45) is 1.17. The van der Waals surface area contributed by atoms with E-state index in [0.717, 1.165) is 34.0 Å². The van der Waals surface area contributed by atoms with Crippen LogP contribution < -0.4 is 9.64 Å². The van der Waals surface area contributed by atoms with Crippen LogP contribution in [0.15, 0.2) is 18.2 Å². The van der Waals surface area contributed by atoms with Crippen LogP contribution in [0, 0.1) is 13.8 Å². The quantitative estimate of drug-likeness (QED) is 0.680. The first-order valence-corrected chi connectivity index (χ1v) is 11.0. The third-order valence-corrected chi connectivity index (χ3v) is 5.86. The highest BCUT2D eigenvalue weighted by atomic mass is 32.1. The average Bonchev–Trinajstić information content (AvgIpc) is 3.03. The van der Waals surface area contributed by atoms with E-state index in [-0.39, 0.29) is 18.4 Å². The molecule has 156 valence electrons. The fourth-order valence-electron chi connectivity index (χ4n) is 3.65. The summed E-state index contributed by atoms with van der Waals surface area (Å²) in [7, 11) is 0. The molecule has 0 saturated carbocycles. The molecule has 29 heavy (non-hydrogen) atoms. The van der Waals surface area contributed by atoms with Crippen molar-refractivity contribution in [1.29, 1.82) is 0 Å². The fourth-order valence-corrected chi connectivity index (χ4v) is 4.49. The van der Waals surface area contributed by atoms with E-state index in [4.69, 9.17) is 4.74 Å². The minimum atomic E-state index is -0.616. The molecule has 0 saturated heterocycles. The van der Waals surface area contributed by atoms with Gasteiger partial charge in [-0.15, -0.1) is 11.3 Å². The molecule has 7 heteroatoms. The standard InChI is InChI=1S/C22H29N3O3S/c1-6-10-24(11-7-2)20(26)13-25-18-12-17(21-15(4)29-16(5)23-21)8-9-19(18)28-14(3)22(25)27/h8-9,12,14H,6-7,10-11,13H2,1-5H3. The number of nitrogens with zero attached hydrogens (tertiary/aromatic N) is 3. The molecule has 0 spiro atoms. The predicted molar refractivity (Wildman–Crippen MR) is 117 cm³/mol. The molecule has 0 N–H and O–H groups in total. The van der Waals surface area contributed by atoms with E-state index in [1.807, 2.05) is 36.9 Å². The molecule has 1 unspecified atom stereocenters. The molecule has 2 amide bonds. The topological polar surface area (TPSA) is 62.7 Å². The number of rotatable bonds is 7. The molecule has 1 atom stereocenters. The molecule has 1 aromatic heterocycles. The van der Waals surface area contributed by atoms with E-state index in [1.54, 1.807) is 23.2 Å². The van der Waals surface area contributed by atoms with Gasteiger partial charge >= 0.3 is 0 Å². The number of hydrogen-bond donors (Lipinski definition) is 0. The summed E-state index contributed by atoms with van der Waals surface area (Å²) in [6, 6.07) is 5.75. The molecule has 6 nitrogen and oxygen atoms in total. The van der Waals surface area contributed by atoms with Crippen molar-refractivity contribution in [2.75, 3.05) is 24.5 Å². The largest absolute Gasteiger partial charge is 0.479 e. The molecular weight excluding hydrogens is 386 g/mol. The maximum absolute atomic E-state index is 12.9. The van der Waals surface area contributed by atoms with Gasteiger partial charge in [0.2, 0.25) is 5.91 Å². The minimum absolute atomic E-state index is 0.0259.